The van der Waals surface area contributed by atoms with Gasteiger partial charge in [-0.3, -0.25) is 0 Å². The van der Waals surface area contributed by atoms with Crippen LogP contribution in [-0.2, 0) is 4.74 Å². The van der Waals surface area contributed by atoms with Crippen molar-refractivity contribution in [1.29, 1.82) is 0 Å². The van der Waals surface area contributed by atoms with Crippen molar-refractivity contribution in [1.82, 2.24) is 0 Å². The predicted octanol–water partition coefficient (Wildman–Crippen LogP) is 2.77. The molecule has 0 N–H and O–H groups in total. The van der Waals surface area contributed by atoms with Gasteiger partial charge in [0.05, 0.1) is 12.2 Å². The van der Waals surface area contributed by atoms with Gasteiger partial charge in [0.25, 0.3) is 0 Å². The van der Waals surface area contributed by atoms with Crippen molar-refractivity contribution in [2.45, 2.75) is 26.7 Å². The van der Waals surface area contributed by atoms with E-state index < -0.39 is 0 Å². The Hall–Kier alpha value is -1.51. The molecule has 1 heterocycles. The maximum Gasteiger partial charge on any atom is 0.338 e. The van der Waals surface area contributed by atoms with E-state index in [4.69, 9.17) is 4.74 Å². The molecule has 2 rings (SSSR count). The van der Waals surface area contributed by atoms with Crippen LogP contribution in [0, 0.1) is 6.92 Å². The van der Waals surface area contributed by atoms with Crippen LogP contribution in [0.1, 0.15) is 35.7 Å². The first-order valence-electron chi connectivity index (χ1n) is 6.25. The number of ether oxygens (including phenoxy) is 1. The summed E-state index contributed by atoms with van der Waals surface area (Å²) >= 11 is 0. The summed E-state index contributed by atoms with van der Waals surface area (Å²) in [5.74, 6) is -0.233. The molecule has 0 saturated carbocycles. The van der Waals surface area contributed by atoms with Gasteiger partial charge in [0.2, 0.25) is 0 Å². The molecule has 1 saturated heterocycles. The molecule has 3 nitrogen and oxygen atoms in total. The lowest BCUT2D eigenvalue weighted by molar-refractivity contribution is 0.0526. The Kier molecular flexibility index (Phi) is 3.67. The molecule has 0 bridgehead atoms. The second-order valence-electron chi connectivity index (χ2n) is 4.42. The van der Waals surface area contributed by atoms with E-state index in [0.717, 1.165) is 18.7 Å². The molecule has 0 amide bonds. The summed E-state index contributed by atoms with van der Waals surface area (Å²) in [6.45, 7) is 6.55. The molecule has 3 heteroatoms. The lowest BCUT2D eigenvalue weighted by Crippen LogP contribution is -2.19. The number of carbonyl (C=O) groups excluding carboxylic acids is 1. The highest BCUT2D eigenvalue weighted by Crippen LogP contribution is 2.25. The Morgan fingerprint density at radius 1 is 1.35 bits per heavy atom. The zero-order valence-electron chi connectivity index (χ0n) is 10.5. The minimum atomic E-state index is -0.233. The van der Waals surface area contributed by atoms with Crippen molar-refractivity contribution in [2.75, 3.05) is 24.6 Å². The van der Waals surface area contributed by atoms with Crippen LogP contribution in [0.15, 0.2) is 18.2 Å². The SMILES string of the molecule is CCOC(=O)c1ccc(N2CCCC2)c(C)c1. The van der Waals surface area contributed by atoms with E-state index in [1.807, 2.05) is 25.1 Å². The number of hydrogen-bond acceptors (Lipinski definition) is 3. The molecule has 0 aromatic heterocycles. The molecule has 0 unspecified atom stereocenters. The van der Waals surface area contributed by atoms with Gasteiger partial charge in [-0.1, -0.05) is 0 Å². The Morgan fingerprint density at radius 3 is 2.65 bits per heavy atom. The monoisotopic (exact) mass is 233 g/mol. The normalized spacial score (nSPS) is 15.1. The summed E-state index contributed by atoms with van der Waals surface area (Å²) in [6, 6.07) is 5.82. The second-order valence-corrected chi connectivity index (χ2v) is 4.42. The van der Waals surface area contributed by atoms with Crippen molar-refractivity contribution in [3.63, 3.8) is 0 Å². The predicted molar refractivity (Wildman–Crippen MR) is 68.6 cm³/mol. The number of anilines is 1. The van der Waals surface area contributed by atoms with Gasteiger partial charge < -0.3 is 9.64 Å². The van der Waals surface area contributed by atoms with E-state index >= 15 is 0 Å². The third kappa shape index (κ3) is 2.60. The Bertz CT molecular complexity index is 409. The summed E-state index contributed by atoms with van der Waals surface area (Å²) in [6.07, 6.45) is 2.53. The fraction of sp³-hybridized carbons (Fsp3) is 0.500. The standard InChI is InChI=1S/C14H19NO2/c1-3-17-14(16)12-6-7-13(11(2)10-12)15-8-4-5-9-15/h6-7,10H,3-5,8-9H2,1-2H3. The quantitative estimate of drug-likeness (QED) is 0.752. The van der Waals surface area contributed by atoms with Crippen molar-refractivity contribution in [3.05, 3.63) is 29.3 Å². The first kappa shape index (κ1) is 12.0. The maximum absolute atomic E-state index is 11.6. The van der Waals surface area contributed by atoms with Crippen molar-refractivity contribution in [2.24, 2.45) is 0 Å². The molecule has 1 aromatic carbocycles. The molecule has 0 radical (unpaired) electrons. The van der Waals surface area contributed by atoms with Crippen LogP contribution in [0.3, 0.4) is 0 Å². The van der Waals surface area contributed by atoms with Crippen LogP contribution in [0.5, 0.6) is 0 Å². The van der Waals surface area contributed by atoms with Gasteiger partial charge in [-0.15, -0.1) is 0 Å². The summed E-state index contributed by atoms with van der Waals surface area (Å²) < 4.78 is 5.00. The molecule has 0 spiro atoms. The zero-order valence-corrected chi connectivity index (χ0v) is 10.5. The summed E-state index contributed by atoms with van der Waals surface area (Å²) in [5.41, 5.74) is 3.04. The lowest BCUT2D eigenvalue weighted by atomic mass is 10.1. The Labute approximate surface area is 102 Å². The summed E-state index contributed by atoms with van der Waals surface area (Å²) in [7, 11) is 0. The summed E-state index contributed by atoms with van der Waals surface area (Å²) in [4.78, 5) is 14.0. The highest BCUT2D eigenvalue weighted by molar-refractivity contribution is 5.90. The van der Waals surface area contributed by atoms with Crippen LogP contribution in [0.4, 0.5) is 5.69 Å². The molecule has 1 aromatic rings. The first-order chi connectivity index (χ1) is 8.22. The smallest absolute Gasteiger partial charge is 0.338 e. The molecule has 17 heavy (non-hydrogen) atoms. The number of benzene rings is 1. The van der Waals surface area contributed by atoms with Crippen LogP contribution in [0.2, 0.25) is 0 Å². The molecular formula is C14H19NO2. The Morgan fingerprint density at radius 2 is 2.06 bits per heavy atom. The van der Waals surface area contributed by atoms with E-state index in [9.17, 15) is 4.79 Å². The van der Waals surface area contributed by atoms with E-state index in [0.29, 0.717) is 12.2 Å². The van der Waals surface area contributed by atoms with Crippen molar-refractivity contribution >= 4 is 11.7 Å². The molecule has 92 valence electrons. The van der Waals surface area contributed by atoms with Crippen LogP contribution < -0.4 is 4.90 Å². The number of aryl methyl sites for hydroxylation is 1. The highest BCUT2D eigenvalue weighted by atomic mass is 16.5. The van der Waals surface area contributed by atoms with Gasteiger partial charge in [0.1, 0.15) is 0 Å². The number of rotatable bonds is 3. The number of carbonyl (C=O) groups is 1. The fourth-order valence-corrected chi connectivity index (χ4v) is 2.31. The van der Waals surface area contributed by atoms with Crippen molar-refractivity contribution in [3.8, 4) is 0 Å². The maximum atomic E-state index is 11.6. The third-order valence-corrected chi connectivity index (χ3v) is 3.15. The molecule has 0 atom stereocenters. The molecule has 0 aliphatic carbocycles. The second kappa shape index (κ2) is 5.21. The number of nitrogens with zero attached hydrogens (tertiary/aromatic N) is 1. The van der Waals surface area contributed by atoms with Crippen LogP contribution in [0.25, 0.3) is 0 Å². The Balaban J connectivity index is 2.19. The molecular weight excluding hydrogens is 214 g/mol. The van der Waals surface area contributed by atoms with E-state index in [-0.39, 0.29) is 5.97 Å². The average Bonchev–Trinajstić information content (AvgIpc) is 2.82. The number of esters is 1. The van der Waals surface area contributed by atoms with Gasteiger partial charge in [-0.25, -0.2) is 4.79 Å². The van der Waals surface area contributed by atoms with E-state index in [1.54, 1.807) is 0 Å². The molecule has 1 fully saturated rings. The largest absolute Gasteiger partial charge is 0.462 e. The van der Waals surface area contributed by atoms with Crippen LogP contribution in [-0.4, -0.2) is 25.7 Å². The van der Waals surface area contributed by atoms with Crippen LogP contribution >= 0.6 is 0 Å². The zero-order chi connectivity index (χ0) is 12.3. The van der Waals surface area contributed by atoms with E-state index in [2.05, 4.69) is 11.8 Å². The van der Waals surface area contributed by atoms with Gasteiger partial charge in [0, 0.05) is 18.8 Å². The van der Waals surface area contributed by atoms with E-state index in [1.165, 1.54) is 18.5 Å². The van der Waals surface area contributed by atoms with Gasteiger partial charge in [0.15, 0.2) is 0 Å². The summed E-state index contributed by atoms with van der Waals surface area (Å²) in [5, 5.41) is 0. The minimum absolute atomic E-state index is 0.233. The first-order valence-corrected chi connectivity index (χ1v) is 6.25. The van der Waals surface area contributed by atoms with Gasteiger partial charge in [-0.2, -0.15) is 0 Å². The minimum Gasteiger partial charge on any atom is -0.462 e. The third-order valence-electron chi connectivity index (χ3n) is 3.15. The van der Waals surface area contributed by atoms with Gasteiger partial charge >= 0.3 is 5.97 Å². The fourth-order valence-electron chi connectivity index (χ4n) is 2.31. The number of hydrogen-bond donors (Lipinski definition) is 0. The van der Waals surface area contributed by atoms with Crippen molar-refractivity contribution < 1.29 is 9.53 Å². The average molecular weight is 233 g/mol. The topological polar surface area (TPSA) is 29.5 Å². The highest BCUT2D eigenvalue weighted by Gasteiger charge is 2.15. The molecule has 1 aliphatic heterocycles. The lowest BCUT2D eigenvalue weighted by Gasteiger charge is -2.20. The molecule has 1 aliphatic rings. The van der Waals surface area contributed by atoms with Gasteiger partial charge in [-0.05, 0) is 50.5 Å².